The molecule has 8 aromatic carbocycles. The van der Waals surface area contributed by atoms with Crippen LogP contribution in [-0.2, 0) is 42.7 Å². The van der Waals surface area contributed by atoms with E-state index < -0.39 is 0 Å². The van der Waals surface area contributed by atoms with Gasteiger partial charge in [-0.2, -0.15) is 18.2 Å². The number of para-hydroxylation sites is 2. The average molecular weight is 1170 g/mol. The Balaban J connectivity index is 0.00000616. The number of hydrogen-bond acceptors (Lipinski definition) is 2. The molecule has 1 aliphatic heterocycles. The van der Waals surface area contributed by atoms with Crippen LogP contribution in [0, 0.1) is 18.5 Å². The van der Waals surface area contributed by atoms with E-state index in [0.29, 0.717) is 11.5 Å². The second kappa shape index (κ2) is 18.5. The van der Waals surface area contributed by atoms with Gasteiger partial charge in [-0.05, 0) is 124 Å². The quantitative estimate of drug-likeness (QED) is 0.127. The molecule has 0 unspecified atom stereocenters. The van der Waals surface area contributed by atoms with Crippen LogP contribution in [-0.4, -0.2) is 14.1 Å². The van der Waals surface area contributed by atoms with E-state index in [1.165, 1.54) is 50.1 Å². The van der Waals surface area contributed by atoms with Crippen LogP contribution >= 0.6 is 0 Å². The Kier molecular flexibility index (Phi) is 12.3. The molecular weight excluding hydrogens is 1110 g/mol. The SMILES string of the molecule is CC(C)(C)c1cc(-c2cc3c(cc2C(C)(C)C)-c2ccccc2-c2ccccc2-c2cccc4c2[n+]-3[c-]n4-c2[c-]c(Oc3[c-]c4c(cc3)c3ccccc3n4-c3cc(C(C)(C)C)ccn3)ccc2)cc(C(C)(C)C)c1.[Pt]. The molecular formula is C70H64N4OPt-2. The molecule has 12 rings (SSSR count). The normalized spacial score (nSPS) is 12.6. The summed E-state index contributed by atoms with van der Waals surface area (Å²) in [6.45, 7) is 27.7. The zero-order valence-corrected chi connectivity index (χ0v) is 48.0. The van der Waals surface area contributed by atoms with Gasteiger partial charge in [0, 0.05) is 44.3 Å². The molecule has 0 saturated carbocycles. The number of fused-ring (bicyclic) bond motifs is 10. The van der Waals surface area contributed by atoms with E-state index in [1.54, 1.807) is 0 Å². The number of ether oxygens (including phenoxy) is 1. The summed E-state index contributed by atoms with van der Waals surface area (Å²) >= 11 is 0. The second-order valence-electron chi connectivity index (χ2n) is 24.6. The Bertz CT molecular complexity index is 4050. The van der Waals surface area contributed by atoms with Gasteiger partial charge in [-0.1, -0.05) is 198 Å². The third-order valence-electron chi connectivity index (χ3n) is 15.2. The Morgan fingerprint density at radius 2 is 1.04 bits per heavy atom. The molecule has 1 aliphatic rings. The number of nitrogens with zero attached hydrogens (tertiary/aromatic N) is 4. The number of hydrogen-bond donors (Lipinski definition) is 0. The van der Waals surface area contributed by atoms with Crippen molar-refractivity contribution in [2.75, 3.05) is 0 Å². The van der Waals surface area contributed by atoms with Crippen LogP contribution < -0.4 is 9.30 Å². The molecule has 11 aromatic rings. The topological polar surface area (TPSA) is 35.9 Å². The van der Waals surface area contributed by atoms with Gasteiger partial charge in [0.1, 0.15) is 5.82 Å². The average Bonchev–Trinajstić information content (AvgIpc) is 3.97. The first-order valence-corrected chi connectivity index (χ1v) is 26.4. The van der Waals surface area contributed by atoms with E-state index in [0.717, 1.165) is 66.7 Å². The first-order chi connectivity index (χ1) is 35.7. The summed E-state index contributed by atoms with van der Waals surface area (Å²) in [6, 6.07) is 67.0. The van der Waals surface area contributed by atoms with Crippen molar-refractivity contribution < 1.29 is 30.4 Å². The van der Waals surface area contributed by atoms with E-state index in [4.69, 9.17) is 9.72 Å². The molecule has 0 spiro atoms. The van der Waals surface area contributed by atoms with Crippen molar-refractivity contribution in [1.29, 1.82) is 0 Å². The standard InChI is InChI=1S/C70H64N4O.Pt/c1-67(2,3)45-33-34-71-65(38-45)74-61-29-18-17-27-55(61)56-32-31-50(40-64(56)74)75-49-22-19-21-48(39-49)72-43-73-63-42-58(44-35-46(68(4,5)6)37-47(36-44)69(7,8)9)60(70(10,11)12)41-59(63)54-26-16-14-24-52(54)51-23-13-15-25-53(51)57-28-20-30-62(72)66(57)73;/h13-38,41-42H,1-12H3;/q-2;. The van der Waals surface area contributed by atoms with Crippen molar-refractivity contribution in [2.24, 2.45) is 0 Å². The van der Waals surface area contributed by atoms with Gasteiger partial charge in [0.05, 0.1) is 16.7 Å². The Labute approximate surface area is 463 Å². The fourth-order valence-electron chi connectivity index (χ4n) is 11.1. The van der Waals surface area contributed by atoms with Crippen molar-refractivity contribution in [3.05, 3.63) is 211 Å². The first kappa shape index (κ1) is 50.8. The van der Waals surface area contributed by atoms with Crippen molar-refractivity contribution in [2.45, 2.75) is 105 Å². The van der Waals surface area contributed by atoms with Gasteiger partial charge in [0.15, 0.2) is 0 Å². The molecule has 0 bridgehead atoms. The molecule has 0 radical (unpaired) electrons. The Hall–Kier alpha value is -7.33. The molecule has 6 heteroatoms. The van der Waals surface area contributed by atoms with Gasteiger partial charge in [-0.15, -0.1) is 29.7 Å². The summed E-state index contributed by atoms with van der Waals surface area (Å²) in [6.07, 6.45) is 5.88. The van der Waals surface area contributed by atoms with Crippen LogP contribution in [0.2, 0.25) is 0 Å². The van der Waals surface area contributed by atoms with Gasteiger partial charge in [-0.25, -0.2) is 4.98 Å². The maximum atomic E-state index is 6.79. The smallest absolute Gasteiger partial charge is 0.268 e. The van der Waals surface area contributed by atoms with Crippen molar-refractivity contribution in [3.63, 3.8) is 0 Å². The predicted molar refractivity (Wildman–Crippen MR) is 310 cm³/mol. The molecule has 3 aromatic heterocycles. The fraction of sp³-hybridized carbons (Fsp3) is 0.229. The molecule has 4 heterocycles. The van der Waals surface area contributed by atoms with Crippen LogP contribution in [0.5, 0.6) is 11.5 Å². The minimum absolute atomic E-state index is 0. The van der Waals surface area contributed by atoms with E-state index in [9.17, 15) is 0 Å². The molecule has 76 heavy (non-hydrogen) atoms. The maximum absolute atomic E-state index is 6.79. The summed E-state index contributed by atoms with van der Waals surface area (Å²) in [7, 11) is 0. The van der Waals surface area contributed by atoms with Crippen LogP contribution in [0.25, 0.3) is 94.5 Å². The van der Waals surface area contributed by atoms with Crippen molar-refractivity contribution in [1.82, 2.24) is 14.1 Å². The van der Waals surface area contributed by atoms with Gasteiger partial charge in [-0.3, -0.25) is 4.57 Å². The van der Waals surface area contributed by atoms with Crippen molar-refractivity contribution >= 4 is 32.8 Å². The molecule has 5 nitrogen and oxygen atoms in total. The van der Waals surface area contributed by atoms with E-state index in [2.05, 4.69) is 261 Å². The number of aromatic nitrogens is 4. The maximum Gasteiger partial charge on any atom is 0.268 e. The third-order valence-corrected chi connectivity index (χ3v) is 15.2. The predicted octanol–water partition coefficient (Wildman–Crippen LogP) is 17.8. The van der Waals surface area contributed by atoms with Gasteiger partial charge in [0.2, 0.25) is 0 Å². The minimum Gasteiger partial charge on any atom is -0.510 e. The zero-order valence-electron chi connectivity index (χ0n) is 45.7. The second-order valence-corrected chi connectivity index (χ2v) is 24.6. The summed E-state index contributed by atoms with van der Waals surface area (Å²) in [5.41, 5.74) is 20.2. The van der Waals surface area contributed by atoms with Crippen LogP contribution in [0.15, 0.2) is 170 Å². The van der Waals surface area contributed by atoms with Gasteiger partial charge >= 0.3 is 0 Å². The summed E-state index contributed by atoms with van der Waals surface area (Å²) in [5.74, 6) is 2.01. The van der Waals surface area contributed by atoms with Crippen LogP contribution in [0.1, 0.15) is 105 Å². The third kappa shape index (κ3) is 8.81. The molecule has 0 amide bonds. The molecule has 0 aliphatic carbocycles. The monoisotopic (exact) mass is 1170 g/mol. The molecule has 382 valence electrons. The largest absolute Gasteiger partial charge is 0.510 e. The van der Waals surface area contributed by atoms with Crippen LogP contribution in [0.4, 0.5) is 0 Å². The van der Waals surface area contributed by atoms with Crippen molar-refractivity contribution in [3.8, 4) is 73.2 Å². The molecule has 0 saturated heterocycles. The van der Waals surface area contributed by atoms with E-state index in [1.807, 2.05) is 24.4 Å². The Morgan fingerprint density at radius 3 is 1.70 bits per heavy atom. The number of pyridine rings is 1. The Morgan fingerprint density at radius 1 is 0.461 bits per heavy atom. The zero-order chi connectivity index (χ0) is 52.3. The number of imidazole rings is 1. The van der Waals surface area contributed by atoms with E-state index in [-0.39, 0.29) is 42.7 Å². The summed E-state index contributed by atoms with van der Waals surface area (Å²) < 4.78 is 13.5. The summed E-state index contributed by atoms with van der Waals surface area (Å²) in [4.78, 5) is 4.90. The van der Waals surface area contributed by atoms with E-state index >= 15 is 0 Å². The molecule has 0 N–H and O–H groups in total. The summed E-state index contributed by atoms with van der Waals surface area (Å²) in [5, 5.41) is 2.22. The number of benzene rings is 8. The fourth-order valence-corrected chi connectivity index (χ4v) is 11.1. The molecule has 0 atom stereocenters. The van der Waals surface area contributed by atoms with Crippen LogP contribution in [0.3, 0.4) is 0 Å². The minimum atomic E-state index is -0.190. The first-order valence-electron chi connectivity index (χ1n) is 26.4. The van der Waals surface area contributed by atoms with Gasteiger partial charge < -0.3 is 13.9 Å². The molecule has 0 fully saturated rings. The number of rotatable bonds is 5. The van der Waals surface area contributed by atoms with Gasteiger partial charge in [0.25, 0.3) is 6.33 Å².